The van der Waals surface area contributed by atoms with Crippen LogP contribution >= 0.6 is 15.9 Å². The first-order valence-corrected chi connectivity index (χ1v) is 9.67. The number of hydrogen-bond donors (Lipinski definition) is 0. The van der Waals surface area contributed by atoms with Crippen molar-refractivity contribution in [3.63, 3.8) is 0 Å². The maximum absolute atomic E-state index is 4.93. The van der Waals surface area contributed by atoms with Gasteiger partial charge in [-0.15, -0.1) is 0 Å². The lowest BCUT2D eigenvalue weighted by Gasteiger charge is -2.11. The first-order chi connectivity index (χ1) is 12.7. The Morgan fingerprint density at radius 3 is 2.12 bits per heavy atom. The summed E-state index contributed by atoms with van der Waals surface area (Å²) in [5, 5.41) is 0. The van der Waals surface area contributed by atoms with Crippen LogP contribution in [0, 0.1) is 0 Å². The molecule has 2 aromatic carbocycles. The van der Waals surface area contributed by atoms with E-state index in [-0.39, 0.29) is 0 Å². The van der Waals surface area contributed by atoms with E-state index in [0.717, 1.165) is 33.4 Å². The average molecular weight is 404 g/mol. The van der Waals surface area contributed by atoms with E-state index in [0.29, 0.717) is 0 Å². The molecule has 1 heterocycles. The van der Waals surface area contributed by atoms with Gasteiger partial charge in [0.05, 0.1) is 11.4 Å². The highest BCUT2D eigenvalue weighted by atomic mass is 79.9. The molecular weight excluding hydrogens is 382 g/mol. The molecule has 130 valence electrons. The first kappa shape index (κ1) is 18.3. The van der Waals surface area contributed by atoms with Gasteiger partial charge in [-0.2, -0.15) is 0 Å². The van der Waals surface area contributed by atoms with Crippen molar-refractivity contribution in [2.45, 2.75) is 20.3 Å². The molecule has 0 amide bonds. The Hall–Kier alpha value is -2.45. The molecule has 0 radical (unpaired) electrons. The van der Waals surface area contributed by atoms with Crippen molar-refractivity contribution in [1.82, 2.24) is 4.98 Å². The summed E-state index contributed by atoms with van der Waals surface area (Å²) in [6.45, 7) is 4.23. The summed E-state index contributed by atoms with van der Waals surface area (Å²) in [6, 6.07) is 23.0. The second-order valence-electron chi connectivity index (χ2n) is 6.05. The lowest BCUT2D eigenvalue weighted by atomic mass is 9.99. The maximum atomic E-state index is 4.93. The highest BCUT2D eigenvalue weighted by Gasteiger charge is 2.09. The van der Waals surface area contributed by atoms with E-state index in [9.17, 15) is 0 Å². The zero-order valence-corrected chi connectivity index (χ0v) is 16.7. The molecule has 0 atom stereocenters. The van der Waals surface area contributed by atoms with Gasteiger partial charge in [0.1, 0.15) is 0 Å². The highest BCUT2D eigenvalue weighted by molar-refractivity contribution is 9.10. The van der Waals surface area contributed by atoms with Gasteiger partial charge in [-0.05, 0) is 48.7 Å². The second kappa shape index (κ2) is 8.77. The number of hydrogen-bond acceptors (Lipinski definition) is 1. The Balaban J connectivity index is 2.16. The quantitative estimate of drug-likeness (QED) is 0.400. The zero-order valence-electron chi connectivity index (χ0n) is 15.1. The molecule has 0 aliphatic heterocycles. The van der Waals surface area contributed by atoms with Crippen molar-refractivity contribution in [2.24, 2.45) is 0 Å². The van der Waals surface area contributed by atoms with E-state index in [1.54, 1.807) is 0 Å². The molecular formula is C24H22BrN. The van der Waals surface area contributed by atoms with Crippen LogP contribution in [0.5, 0.6) is 0 Å². The van der Waals surface area contributed by atoms with Gasteiger partial charge < -0.3 is 0 Å². The van der Waals surface area contributed by atoms with Crippen molar-refractivity contribution in [1.29, 1.82) is 0 Å². The van der Waals surface area contributed by atoms with Gasteiger partial charge in [0.2, 0.25) is 0 Å². The third-order valence-electron chi connectivity index (χ3n) is 4.21. The van der Waals surface area contributed by atoms with Gasteiger partial charge in [-0.1, -0.05) is 83.5 Å². The largest absolute Gasteiger partial charge is 0.248 e. The van der Waals surface area contributed by atoms with Crippen molar-refractivity contribution < 1.29 is 0 Å². The second-order valence-corrected chi connectivity index (χ2v) is 6.97. The molecule has 0 N–H and O–H groups in total. The number of halogens is 1. The van der Waals surface area contributed by atoms with Gasteiger partial charge >= 0.3 is 0 Å². The molecule has 0 bridgehead atoms. The maximum Gasteiger partial charge on any atom is 0.0715 e. The molecule has 0 saturated carbocycles. The Morgan fingerprint density at radius 1 is 0.923 bits per heavy atom. The van der Waals surface area contributed by atoms with Crippen LogP contribution in [0.3, 0.4) is 0 Å². The summed E-state index contributed by atoms with van der Waals surface area (Å²) in [4.78, 5) is 4.93. The predicted octanol–water partition coefficient (Wildman–Crippen LogP) is 7.55. The molecule has 3 rings (SSSR count). The van der Waals surface area contributed by atoms with Crippen LogP contribution in [-0.4, -0.2) is 4.98 Å². The van der Waals surface area contributed by atoms with Gasteiger partial charge in [0.15, 0.2) is 0 Å². The van der Waals surface area contributed by atoms with E-state index >= 15 is 0 Å². The Morgan fingerprint density at radius 2 is 1.54 bits per heavy atom. The molecule has 0 aliphatic rings. The van der Waals surface area contributed by atoms with Crippen LogP contribution in [0.4, 0.5) is 0 Å². The molecule has 26 heavy (non-hydrogen) atoms. The lowest BCUT2D eigenvalue weighted by Crippen LogP contribution is -1.92. The first-order valence-electron chi connectivity index (χ1n) is 8.88. The van der Waals surface area contributed by atoms with Crippen LogP contribution in [0.25, 0.3) is 28.1 Å². The number of pyridine rings is 1. The summed E-state index contributed by atoms with van der Waals surface area (Å²) >= 11 is 3.51. The molecule has 0 spiro atoms. The third kappa shape index (κ3) is 4.39. The number of nitrogens with zero attached hydrogens (tertiary/aromatic N) is 1. The van der Waals surface area contributed by atoms with Crippen LogP contribution in [0.15, 0.2) is 89.4 Å². The molecule has 0 aliphatic carbocycles. The highest BCUT2D eigenvalue weighted by Crippen LogP contribution is 2.29. The Bertz CT molecular complexity index is 922. The van der Waals surface area contributed by atoms with Gasteiger partial charge in [-0.3, -0.25) is 0 Å². The van der Waals surface area contributed by atoms with Crippen molar-refractivity contribution in [3.05, 3.63) is 95.0 Å². The van der Waals surface area contributed by atoms with Crippen molar-refractivity contribution >= 4 is 21.5 Å². The average Bonchev–Trinajstić information content (AvgIpc) is 2.69. The summed E-state index contributed by atoms with van der Waals surface area (Å²) in [5.41, 5.74) is 6.61. The molecule has 2 heteroatoms. The Labute approximate surface area is 164 Å². The van der Waals surface area contributed by atoms with Gasteiger partial charge in [0.25, 0.3) is 0 Å². The topological polar surface area (TPSA) is 12.9 Å². The number of allylic oxidation sites excluding steroid dienone is 4. The van der Waals surface area contributed by atoms with E-state index in [1.165, 1.54) is 11.1 Å². The van der Waals surface area contributed by atoms with E-state index in [2.05, 4.69) is 109 Å². The SMILES string of the molecule is C/C=C(\C=C/CC)c1cc(-c2ccccc2)nc(-c2ccc(Br)cc2)c1. The van der Waals surface area contributed by atoms with Crippen molar-refractivity contribution in [3.8, 4) is 22.5 Å². The minimum Gasteiger partial charge on any atom is -0.248 e. The fraction of sp³-hybridized carbons (Fsp3) is 0.125. The molecule has 3 aromatic rings. The Kier molecular flexibility index (Phi) is 6.19. The summed E-state index contributed by atoms with van der Waals surface area (Å²) < 4.78 is 1.07. The zero-order chi connectivity index (χ0) is 18.4. The van der Waals surface area contributed by atoms with Crippen LogP contribution < -0.4 is 0 Å². The minimum atomic E-state index is 0.984. The third-order valence-corrected chi connectivity index (χ3v) is 4.74. The van der Waals surface area contributed by atoms with E-state index in [1.807, 2.05) is 6.07 Å². The number of rotatable bonds is 5. The molecule has 0 saturated heterocycles. The molecule has 0 unspecified atom stereocenters. The van der Waals surface area contributed by atoms with E-state index < -0.39 is 0 Å². The van der Waals surface area contributed by atoms with Crippen LogP contribution in [0.1, 0.15) is 25.8 Å². The molecule has 0 fully saturated rings. The summed E-state index contributed by atoms with van der Waals surface area (Å²) in [7, 11) is 0. The molecule has 1 aromatic heterocycles. The summed E-state index contributed by atoms with van der Waals surface area (Å²) in [6.07, 6.45) is 7.56. The summed E-state index contributed by atoms with van der Waals surface area (Å²) in [5.74, 6) is 0. The smallest absolute Gasteiger partial charge is 0.0715 e. The monoisotopic (exact) mass is 403 g/mol. The van der Waals surface area contributed by atoms with Crippen LogP contribution in [-0.2, 0) is 0 Å². The fourth-order valence-electron chi connectivity index (χ4n) is 2.83. The fourth-order valence-corrected chi connectivity index (χ4v) is 3.09. The van der Waals surface area contributed by atoms with E-state index in [4.69, 9.17) is 4.98 Å². The van der Waals surface area contributed by atoms with Crippen molar-refractivity contribution in [2.75, 3.05) is 0 Å². The lowest BCUT2D eigenvalue weighted by molar-refractivity contribution is 1.22. The number of aromatic nitrogens is 1. The van der Waals surface area contributed by atoms with Gasteiger partial charge in [-0.25, -0.2) is 4.98 Å². The van der Waals surface area contributed by atoms with Crippen LogP contribution in [0.2, 0.25) is 0 Å². The predicted molar refractivity (Wildman–Crippen MR) is 116 cm³/mol. The molecule has 1 nitrogen and oxygen atoms in total. The standard InChI is InChI=1S/C24H22BrN/c1-3-5-9-18(4-2)21-16-23(19-10-7-6-8-11-19)26-24(17-21)20-12-14-22(25)15-13-20/h4-17H,3H2,1-2H3/b9-5-,18-4+. The minimum absolute atomic E-state index is 0.984. The van der Waals surface area contributed by atoms with Gasteiger partial charge in [0, 0.05) is 15.6 Å². The normalized spacial score (nSPS) is 11.9. The number of benzene rings is 2.